The summed E-state index contributed by atoms with van der Waals surface area (Å²) < 4.78 is 8.42. The summed E-state index contributed by atoms with van der Waals surface area (Å²) in [7, 11) is 2.45. The molecule has 0 saturated heterocycles. The molecule has 0 aromatic heterocycles. The van der Waals surface area contributed by atoms with Crippen LogP contribution in [-0.2, 0) is 19.1 Å². The maximum atomic E-state index is 10.3. The van der Waals surface area contributed by atoms with Crippen molar-refractivity contribution in [3.05, 3.63) is 25.3 Å². The lowest BCUT2D eigenvalue weighted by atomic mass is 10.5. The topological polar surface area (TPSA) is 52.6 Å². The van der Waals surface area contributed by atoms with Crippen LogP contribution >= 0.6 is 0 Å². The molecule has 68 valence electrons. The van der Waals surface area contributed by atoms with Gasteiger partial charge in [0.15, 0.2) is 0 Å². The first-order chi connectivity index (χ1) is 5.70. The number of rotatable bonds is 2. The van der Waals surface area contributed by atoms with Gasteiger partial charge in [0.05, 0.1) is 14.2 Å². The predicted molar refractivity (Wildman–Crippen MR) is 44.4 cm³/mol. The number of carbonyl (C=O) groups is 2. The van der Waals surface area contributed by atoms with E-state index in [1.807, 2.05) is 0 Å². The Hall–Kier alpha value is -1.58. The molecule has 0 N–H and O–H groups in total. The van der Waals surface area contributed by atoms with Gasteiger partial charge in [0.1, 0.15) is 0 Å². The van der Waals surface area contributed by atoms with E-state index in [-0.39, 0.29) is 0 Å². The summed E-state index contributed by atoms with van der Waals surface area (Å²) in [5, 5.41) is 0. The zero-order valence-electron chi connectivity index (χ0n) is 7.20. The highest BCUT2D eigenvalue weighted by atomic mass is 16.5. The van der Waals surface area contributed by atoms with Gasteiger partial charge in [-0.15, -0.1) is 13.2 Å². The summed E-state index contributed by atoms with van der Waals surface area (Å²) in [6.07, 6.45) is 1.98. The molecule has 0 radical (unpaired) electrons. The lowest BCUT2D eigenvalue weighted by Crippen LogP contribution is -1.98. The molecule has 0 aliphatic heterocycles. The Morgan fingerprint density at radius 1 is 1.00 bits per heavy atom. The third-order valence-corrected chi connectivity index (χ3v) is 0.758. The van der Waals surface area contributed by atoms with E-state index in [9.17, 15) is 9.59 Å². The van der Waals surface area contributed by atoms with Crippen LogP contribution in [0, 0.1) is 0 Å². The molecule has 0 heterocycles. The van der Waals surface area contributed by atoms with Gasteiger partial charge in [-0.3, -0.25) is 0 Å². The van der Waals surface area contributed by atoms with Gasteiger partial charge in [-0.05, 0) is 0 Å². The van der Waals surface area contributed by atoms with Crippen molar-refractivity contribution in [3.63, 3.8) is 0 Å². The van der Waals surface area contributed by atoms with Gasteiger partial charge >= 0.3 is 11.9 Å². The van der Waals surface area contributed by atoms with Crippen molar-refractivity contribution in [2.24, 2.45) is 0 Å². The molecule has 0 aromatic rings. The molecule has 0 spiro atoms. The number of hydrogen-bond acceptors (Lipinski definition) is 4. The van der Waals surface area contributed by atoms with Crippen molar-refractivity contribution in [2.45, 2.75) is 0 Å². The Morgan fingerprint density at radius 3 is 1.42 bits per heavy atom. The highest BCUT2D eigenvalue weighted by molar-refractivity contribution is 5.91. The summed E-state index contributed by atoms with van der Waals surface area (Å²) in [5.74, 6) is -1.16. The molecule has 0 unspecified atom stereocenters. The zero-order chi connectivity index (χ0) is 9.98. The van der Waals surface area contributed by atoms with Crippen molar-refractivity contribution in [1.82, 2.24) is 0 Å². The summed E-state index contributed by atoms with van der Waals surface area (Å²) in [6, 6.07) is 0. The molecular formula is C8H12O4. The SMILES string of the molecule is C=C.COC(=O)/C=C\C(=O)OC. The second-order valence-electron chi connectivity index (χ2n) is 1.38. The summed E-state index contributed by atoms with van der Waals surface area (Å²) in [4.78, 5) is 20.6. The van der Waals surface area contributed by atoms with E-state index in [0.29, 0.717) is 0 Å². The van der Waals surface area contributed by atoms with Crippen LogP contribution in [0.15, 0.2) is 25.3 Å². The highest BCUT2D eigenvalue weighted by Crippen LogP contribution is 1.80. The van der Waals surface area contributed by atoms with Crippen LogP contribution in [0.5, 0.6) is 0 Å². The van der Waals surface area contributed by atoms with E-state index in [2.05, 4.69) is 22.6 Å². The predicted octanol–water partition coefficient (Wildman–Crippen LogP) is 0.691. The largest absolute Gasteiger partial charge is 0.466 e. The fourth-order valence-corrected chi connectivity index (χ4v) is 0.272. The van der Waals surface area contributed by atoms with Crippen LogP contribution in [0.2, 0.25) is 0 Å². The summed E-state index contributed by atoms with van der Waals surface area (Å²) in [6.45, 7) is 6.00. The Balaban J connectivity index is 0. The number of ether oxygens (including phenoxy) is 2. The Morgan fingerprint density at radius 2 is 1.25 bits per heavy atom. The van der Waals surface area contributed by atoms with E-state index in [4.69, 9.17) is 0 Å². The van der Waals surface area contributed by atoms with Crippen LogP contribution in [-0.4, -0.2) is 26.2 Å². The maximum absolute atomic E-state index is 10.3. The third kappa shape index (κ3) is 8.42. The van der Waals surface area contributed by atoms with Crippen molar-refractivity contribution < 1.29 is 19.1 Å². The van der Waals surface area contributed by atoms with Crippen LogP contribution in [0.1, 0.15) is 0 Å². The van der Waals surface area contributed by atoms with Crippen molar-refractivity contribution in [1.29, 1.82) is 0 Å². The monoisotopic (exact) mass is 172 g/mol. The van der Waals surface area contributed by atoms with Gasteiger partial charge in [0, 0.05) is 12.2 Å². The first-order valence-corrected chi connectivity index (χ1v) is 3.04. The Kier molecular flexibility index (Phi) is 10.2. The lowest BCUT2D eigenvalue weighted by molar-refractivity contribution is -0.137. The van der Waals surface area contributed by atoms with Crippen LogP contribution in [0.3, 0.4) is 0 Å². The first kappa shape index (κ1) is 13.0. The molecule has 0 aliphatic carbocycles. The van der Waals surface area contributed by atoms with Crippen molar-refractivity contribution in [2.75, 3.05) is 14.2 Å². The van der Waals surface area contributed by atoms with Gasteiger partial charge in [-0.25, -0.2) is 9.59 Å². The van der Waals surface area contributed by atoms with Crippen LogP contribution < -0.4 is 0 Å². The highest BCUT2D eigenvalue weighted by Gasteiger charge is 1.94. The van der Waals surface area contributed by atoms with E-state index in [0.717, 1.165) is 12.2 Å². The Labute approximate surface area is 71.5 Å². The molecular weight excluding hydrogens is 160 g/mol. The molecule has 0 atom stereocenters. The molecule has 0 aliphatic rings. The number of hydrogen-bond donors (Lipinski definition) is 0. The second-order valence-corrected chi connectivity index (χ2v) is 1.38. The second kappa shape index (κ2) is 9.42. The minimum absolute atomic E-state index is 0.578. The normalized spacial score (nSPS) is 8.17. The molecule has 0 fully saturated rings. The number of carbonyl (C=O) groups excluding carboxylic acids is 2. The fraction of sp³-hybridized carbons (Fsp3) is 0.250. The van der Waals surface area contributed by atoms with Crippen LogP contribution in [0.25, 0.3) is 0 Å². The average Bonchev–Trinajstić information content (AvgIpc) is 2.16. The molecule has 4 heteroatoms. The lowest BCUT2D eigenvalue weighted by Gasteiger charge is -1.89. The number of esters is 2. The van der Waals surface area contributed by atoms with E-state index >= 15 is 0 Å². The minimum atomic E-state index is -0.578. The molecule has 0 rings (SSSR count). The molecule has 4 nitrogen and oxygen atoms in total. The minimum Gasteiger partial charge on any atom is -0.466 e. The maximum Gasteiger partial charge on any atom is 0.330 e. The zero-order valence-corrected chi connectivity index (χ0v) is 7.20. The summed E-state index contributed by atoms with van der Waals surface area (Å²) in [5.41, 5.74) is 0. The van der Waals surface area contributed by atoms with Gasteiger partial charge in [-0.1, -0.05) is 0 Å². The third-order valence-electron chi connectivity index (χ3n) is 0.758. The van der Waals surface area contributed by atoms with E-state index in [1.165, 1.54) is 14.2 Å². The van der Waals surface area contributed by atoms with Gasteiger partial charge < -0.3 is 9.47 Å². The number of methoxy groups -OCH3 is 2. The molecule has 0 bridgehead atoms. The summed E-state index contributed by atoms with van der Waals surface area (Å²) >= 11 is 0. The van der Waals surface area contributed by atoms with Crippen LogP contribution in [0.4, 0.5) is 0 Å². The van der Waals surface area contributed by atoms with Gasteiger partial charge in [0.25, 0.3) is 0 Å². The van der Waals surface area contributed by atoms with E-state index in [1.54, 1.807) is 0 Å². The van der Waals surface area contributed by atoms with Crippen molar-refractivity contribution in [3.8, 4) is 0 Å². The Bertz CT molecular complexity index is 154. The van der Waals surface area contributed by atoms with Gasteiger partial charge in [-0.2, -0.15) is 0 Å². The van der Waals surface area contributed by atoms with Gasteiger partial charge in [0.2, 0.25) is 0 Å². The average molecular weight is 172 g/mol. The smallest absolute Gasteiger partial charge is 0.330 e. The fourth-order valence-electron chi connectivity index (χ4n) is 0.272. The first-order valence-electron chi connectivity index (χ1n) is 3.04. The van der Waals surface area contributed by atoms with E-state index < -0.39 is 11.9 Å². The molecule has 0 amide bonds. The van der Waals surface area contributed by atoms with Crippen molar-refractivity contribution >= 4 is 11.9 Å². The molecule has 0 saturated carbocycles. The quantitative estimate of drug-likeness (QED) is 0.349. The standard InChI is InChI=1S/C6H8O4.C2H4/c1-9-5(7)3-4-6(8)10-2;1-2/h3-4H,1-2H3;1-2H2/b4-3-;. The molecule has 12 heavy (non-hydrogen) atoms. The molecule has 0 aromatic carbocycles.